The zero-order chi connectivity index (χ0) is 17.6. The Labute approximate surface area is 146 Å². The van der Waals surface area contributed by atoms with Crippen LogP contribution in [0.4, 0.5) is 5.82 Å². The molecule has 0 saturated carbocycles. The van der Waals surface area contributed by atoms with Crippen molar-refractivity contribution in [2.45, 2.75) is 38.6 Å². The highest BCUT2D eigenvalue weighted by molar-refractivity contribution is 5.76. The molecule has 0 radical (unpaired) electrons. The molecule has 1 amide bonds. The minimum atomic E-state index is -0.206. The molecular formula is C17H23N5O3. The Kier molecular flexibility index (Phi) is 5.62. The number of hydrogen-bond donors (Lipinski definition) is 2. The van der Waals surface area contributed by atoms with Crippen molar-refractivity contribution < 1.29 is 14.3 Å². The van der Waals surface area contributed by atoms with E-state index in [0.29, 0.717) is 25.6 Å². The van der Waals surface area contributed by atoms with Gasteiger partial charge in [0.15, 0.2) is 0 Å². The van der Waals surface area contributed by atoms with Crippen LogP contribution in [0.3, 0.4) is 0 Å². The van der Waals surface area contributed by atoms with E-state index in [0.717, 1.165) is 17.8 Å². The molecule has 3 N–H and O–H groups in total. The van der Waals surface area contributed by atoms with E-state index < -0.39 is 0 Å². The molecule has 3 rings (SSSR count). The molecule has 134 valence electrons. The quantitative estimate of drug-likeness (QED) is 0.797. The lowest BCUT2D eigenvalue weighted by Gasteiger charge is -2.32. The fraction of sp³-hybridized carbons (Fsp3) is 0.471. The molecule has 3 heterocycles. The van der Waals surface area contributed by atoms with Gasteiger partial charge in [0.05, 0.1) is 36.7 Å². The number of nitrogens with zero attached hydrogens (tertiary/aromatic N) is 3. The lowest BCUT2D eigenvalue weighted by Crippen LogP contribution is -2.51. The fourth-order valence-electron chi connectivity index (χ4n) is 2.81. The Balaban J connectivity index is 1.55. The first kappa shape index (κ1) is 17.4. The highest BCUT2D eigenvalue weighted by atomic mass is 16.5. The van der Waals surface area contributed by atoms with Gasteiger partial charge in [-0.2, -0.15) is 5.10 Å². The summed E-state index contributed by atoms with van der Waals surface area (Å²) >= 11 is 0. The molecule has 1 aliphatic rings. The zero-order valence-corrected chi connectivity index (χ0v) is 14.2. The molecule has 1 saturated heterocycles. The monoisotopic (exact) mass is 345 g/mol. The van der Waals surface area contributed by atoms with Gasteiger partial charge in [0.25, 0.3) is 0 Å². The molecule has 25 heavy (non-hydrogen) atoms. The molecule has 8 nitrogen and oxygen atoms in total. The third-order valence-electron chi connectivity index (χ3n) is 4.04. The van der Waals surface area contributed by atoms with Crippen LogP contribution < -0.4 is 11.1 Å². The Hall–Kier alpha value is -2.45. The number of amides is 1. The summed E-state index contributed by atoms with van der Waals surface area (Å²) in [5.41, 5.74) is 7.47. The first-order valence-corrected chi connectivity index (χ1v) is 8.30. The van der Waals surface area contributed by atoms with Gasteiger partial charge in [-0.15, -0.1) is 0 Å². The van der Waals surface area contributed by atoms with E-state index >= 15 is 0 Å². The third kappa shape index (κ3) is 4.77. The van der Waals surface area contributed by atoms with Crippen LogP contribution in [0.5, 0.6) is 0 Å². The number of aromatic nitrogens is 3. The zero-order valence-electron chi connectivity index (χ0n) is 14.2. The highest BCUT2D eigenvalue weighted by Crippen LogP contribution is 2.14. The van der Waals surface area contributed by atoms with E-state index in [4.69, 9.17) is 15.2 Å². The summed E-state index contributed by atoms with van der Waals surface area (Å²) in [5.74, 6) is 0.298. The number of carbonyl (C=O) groups excluding carboxylic acids is 1. The second-order valence-electron chi connectivity index (χ2n) is 6.08. The number of aryl methyl sites for hydroxylation is 1. The van der Waals surface area contributed by atoms with Gasteiger partial charge < -0.3 is 20.5 Å². The van der Waals surface area contributed by atoms with Crippen LogP contribution in [0, 0.1) is 6.92 Å². The fourth-order valence-corrected chi connectivity index (χ4v) is 2.81. The minimum Gasteiger partial charge on any atom is -0.384 e. The van der Waals surface area contributed by atoms with Crippen LogP contribution in [-0.2, 0) is 27.4 Å². The van der Waals surface area contributed by atoms with Gasteiger partial charge in [-0.05, 0) is 25.5 Å². The number of nitrogen functional groups attached to an aromatic ring is 1. The average Bonchev–Trinajstić information content (AvgIpc) is 2.92. The molecule has 0 aliphatic carbocycles. The van der Waals surface area contributed by atoms with Crippen LogP contribution >= 0.6 is 0 Å². The molecule has 0 unspecified atom stereocenters. The Morgan fingerprint density at radius 2 is 2.40 bits per heavy atom. The van der Waals surface area contributed by atoms with Crippen molar-refractivity contribution in [2.75, 3.05) is 18.9 Å². The van der Waals surface area contributed by atoms with E-state index in [9.17, 15) is 4.79 Å². The topological polar surface area (TPSA) is 104 Å². The number of nitrogens with one attached hydrogen (secondary N) is 1. The van der Waals surface area contributed by atoms with Gasteiger partial charge in [-0.25, -0.2) is 4.68 Å². The molecule has 8 heteroatoms. The summed E-state index contributed by atoms with van der Waals surface area (Å²) in [4.78, 5) is 16.6. The van der Waals surface area contributed by atoms with Gasteiger partial charge in [-0.3, -0.25) is 9.78 Å². The number of ether oxygens (including phenoxy) is 2. The minimum absolute atomic E-state index is 0.0726. The summed E-state index contributed by atoms with van der Waals surface area (Å²) in [6.07, 6.45) is 2.34. The summed E-state index contributed by atoms with van der Waals surface area (Å²) < 4.78 is 12.9. The van der Waals surface area contributed by atoms with Crippen LogP contribution in [-0.4, -0.2) is 46.0 Å². The van der Waals surface area contributed by atoms with E-state index in [-0.39, 0.29) is 24.6 Å². The number of rotatable bonds is 6. The van der Waals surface area contributed by atoms with Crippen molar-refractivity contribution in [1.29, 1.82) is 0 Å². The van der Waals surface area contributed by atoms with Crippen molar-refractivity contribution >= 4 is 11.7 Å². The maximum atomic E-state index is 12.3. The SMILES string of the molecule is Cc1cc(N)n(CC(=O)N[C@@H]2COCC[C@H]2OCc2ccccn2)n1. The van der Waals surface area contributed by atoms with Gasteiger partial charge in [-0.1, -0.05) is 6.07 Å². The van der Waals surface area contributed by atoms with Crippen LogP contribution in [0.25, 0.3) is 0 Å². The van der Waals surface area contributed by atoms with Crippen molar-refractivity contribution in [2.24, 2.45) is 0 Å². The van der Waals surface area contributed by atoms with E-state index in [1.54, 1.807) is 12.3 Å². The van der Waals surface area contributed by atoms with Crippen molar-refractivity contribution in [3.05, 3.63) is 41.9 Å². The standard InChI is InChI=1S/C17H23N5O3/c1-12-8-16(18)22(21-12)9-17(23)20-14-11-24-7-5-15(14)25-10-13-4-2-3-6-19-13/h2-4,6,8,14-15H,5,7,9-11,18H2,1H3,(H,20,23)/t14-,15-/m1/s1. The molecule has 1 fully saturated rings. The number of nitrogens with two attached hydrogens (primary N) is 1. The van der Waals surface area contributed by atoms with Crippen molar-refractivity contribution in [3.63, 3.8) is 0 Å². The number of carbonyl (C=O) groups is 1. The molecule has 0 aromatic carbocycles. The number of anilines is 1. The van der Waals surface area contributed by atoms with Crippen molar-refractivity contribution in [3.8, 4) is 0 Å². The Morgan fingerprint density at radius 3 is 3.12 bits per heavy atom. The Bertz CT molecular complexity index is 704. The molecule has 2 aromatic heterocycles. The van der Waals surface area contributed by atoms with Crippen LogP contribution in [0.15, 0.2) is 30.5 Å². The molecule has 2 atom stereocenters. The van der Waals surface area contributed by atoms with E-state index in [2.05, 4.69) is 15.4 Å². The second kappa shape index (κ2) is 8.09. The molecule has 1 aliphatic heterocycles. The molecule has 0 spiro atoms. The predicted molar refractivity (Wildman–Crippen MR) is 91.6 cm³/mol. The molecule has 2 aromatic rings. The summed E-state index contributed by atoms with van der Waals surface area (Å²) in [6.45, 7) is 3.35. The van der Waals surface area contributed by atoms with Gasteiger partial charge in [0.1, 0.15) is 12.4 Å². The molecular weight excluding hydrogens is 322 g/mol. The van der Waals surface area contributed by atoms with Gasteiger partial charge >= 0.3 is 0 Å². The third-order valence-corrected chi connectivity index (χ3v) is 4.04. The predicted octanol–water partition coefficient (Wildman–Crippen LogP) is 0.659. The summed E-state index contributed by atoms with van der Waals surface area (Å²) in [6, 6.07) is 7.23. The first-order valence-electron chi connectivity index (χ1n) is 8.30. The van der Waals surface area contributed by atoms with Gasteiger partial charge in [0.2, 0.25) is 5.91 Å². The maximum absolute atomic E-state index is 12.3. The van der Waals surface area contributed by atoms with Crippen molar-refractivity contribution in [1.82, 2.24) is 20.1 Å². The summed E-state index contributed by atoms with van der Waals surface area (Å²) in [5, 5.41) is 7.16. The summed E-state index contributed by atoms with van der Waals surface area (Å²) in [7, 11) is 0. The highest BCUT2D eigenvalue weighted by Gasteiger charge is 2.28. The van der Waals surface area contributed by atoms with E-state index in [1.807, 2.05) is 25.1 Å². The number of hydrogen-bond acceptors (Lipinski definition) is 6. The largest absolute Gasteiger partial charge is 0.384 e. The average molecular weight is 345 g/mol. The number of pyridine rings is 1. The normalized spacial score (nSPS) is 20.4. The smallest absolute Gasteiger partial charge is 0.242 e. The lowest BCUT2D eigenvalue weighted by atomic mass is 10.1. The van der Waals surface area contributed by atoms with E-state index in [1.165, 1.54) is 4.68 Å². The first-order chi connectivity index (χ1) is 12.1. The van der Waals surface area contributed by atoms with Crippen LogP contribution in [0.2, 0.25) is 0 Å². The lowest BCUT2D eigenvalue weighted by molar-refractivity contribution is -0.127. The van der Waals surface area contributed by atoms with Crippen LogP contribution in [0.1, 0.15) is 17.8 Å². The van der Waals surface area contributed by atoms with Gasteiger partial charge in [0, 0.05) is 18.9 Å². The maximum Gasteiger partial charge on any atom is 0.242 e. The second-order valence-corrected chi connectivity index (χ2v) is 6.08. The Morgan fingerprint density at radius 1 is 1.52 bits per heavy atom. The molecule has 0 bridgehead atoms.